The summed E-state index contributed by atoms with van der Waals surface area (Å²) >= 11 is 0. The lowest BCUT2D eigenvalue weighted by Crippen LogP contribution is -2.40. The Balaban J connectivity index is 2.53. The molecule has 0 saturated carbocycles. The molecule has 2 nitrogen and oxygen atoms in total. The maximum absolute atomic E-state index is 11.3. The number of carbonyl (C=O) groups is 1. The van der Waals surface area contributed by atoms with Crippen molar-refractivity contribution in [1.82, 2.24) is 4.90 Å². The van der Waals surface area contributed by atoms with Gasteiger partial charge in [-0.1, -0.05) is 12.8 Å². The SMILES string of the molecule is C#CCN1CCCC(C)C1=O. The van der Waals surface area contributed by atoms with E-state index in [2.05, 4.69) is 5.92 Å². The molecule has 1 aliphatic rings. The van der Waals surface area contributed by atoms with Gasteiger partial charge < -0.3 is 4.90 Å². The Bertz CT molecular complexity index is 192. The van der Waals surface area contributed by atoms with Crippen molar-refractivity contribution < 1.29 is 4.79 Å². The molecule has 0 aromatic carbocycles. The molecule has 0 aromatic heterocycles. The van der Waals surface area contributed by atoms with Crippen LogP contribution in [-0.4, -0.2) is 23.9 Å². The van der Waals surface area contributed by atoms with Crippen molar-refractivity contribution in [3.8, 4) is 12.3 Å². The molecular weight excluding hydrogens is 138 g/mol. The van der Waals surface area contributed by atoms with E-state index in [0.717, 1.165) is 19.4 Å². The van der Waals surface area contributed by atoms with E-state index in [-0.39, 0.29) is 11.8 Å². The monoisotopic (exact) mass is 151 g/mol. The highest BCUT2D eigenvalue weighted by atomic mass is 16.2. The molecule has 1 amide bonds. The van der Waals surface area contributed by atoms with Gasteiger partial charge in [0.25, 0.3) is 0 Å². The largest absolute Gasteiger partial charge is 0.331 e. The number of amides is 1. The van der Waals surface area contributed by atoms with Crippen LogP contribution < -0.4 is 0 Å². The van der Waals surface area contributed by atoms with Crippen LogP contribution in [-0.2, 0) is 4.79 Å². The third kappa shape index (κ3) is 1.74. The summed E-state index contributed by atoms with van der Waals surface area (Å²) in [5.74, 6) is 2.89. The number of rotatable bonds is 1. The lowest BCUT2D eigenvalue weighted by atomic mass is 9.99. The van der Waals surface area contributed by atoms with E-state index in [1.54, 1.807) is 4.90 Å². The first-order valence-electron chi connectivity index (χ1n) is 3.98. The predicted octanol–water partition coefficient (Wildman–Crippen LogP) is 0.878. The van der Waals surface area contributed by atoms with Crippen molar-refractivity contribution in [3.63, 3.8) is 0 Å². The van der Waals surface area contributed by atoms with Crippen molar-refractivity contribution in [3.05, 3.63) is 0 Å². The van der Waals surface area contributed by atoms with Crippen LogP contribution in [0.2, 0.25) is 0 Å². The minimum atomic E-state index is 0.178. The molecule has 0 aromatic rings. The minimum Gasteiger partial charge on any atom is -0.331 e. The van der Waals surface area contributed by atoms with E-state index in [1.807, 2.05) is 6.92 Å². The zero-order chi connectivity index (χ0) is 8.27. The first-order chi connectivity index (χ1) is 5.25. The molecule has 0 radical (unpaired) electrons. The van der Waals surface area contributed by atoms with Gasteiger partial charge in [-0.05, 0) is 12.8 Å². The molecule has 1 fully saturated rings. The summed E-state index contributed by atoms with van der Waals surface area (Å²) in [6, 6.07) is 0. The second-order valence-electron chi connectivity index (χ2n) is 3.01. The summed E-state index contributed by atoms with van der Waals surface area (Å²) in [5, 5.41) is 0. The quantitative estimate of drug-likeness (QED) is 0.509. The summed E-state index contributed by atoms with van der Waals surface area (Å²) < 4.78 is 0. The Morgan fingerprint density at radius 2 is 2.55 bits per heavy atom. The molecule has 1 rings (SSSR count). The van der Waals surface area contributed by atoms with E-state index in [9.17, 15) is 4.79 Å². The number of nitrogens with zero attached hydrogens (tertiary/aromatic N) is 1. The molecule has 1 atom stereocenters. The van der Waals surface area contributed by atoms with Crippen LogP contribution in [0.5, 0.6) is 0 Å². The minimum absolute atomic E-state index is 0.178. The van der Waals surface area contributed by atoms with Gasteiger partial charge >= 0.3 is 0 Å². The first-order valence-corrected chi connectivity index (χ1v) is 3.98. The first kappa shape index (κ1) is 8.13. The molecule has 0 bridgehead atoms. The average Bonchev–Trinajstić information content (AvgIpc) is 1.99. The lowest BCUT2D eigenvalue weighted by Gasteiger charge is -2.28. The van der Waals surface area contributed by atoms with Gasteiger partial charge in [0.2, 0.25) is 5.91 Å². The standard InChI is InChI=1S/C9H13NO/c1-3-6-10-7-4-5-8(2)9(10)11/h1,8H,4-7H2,2H3. The second-order valence-corrected chi connectivity index (χ2v) is 3.01. The number of hydrogen-bond donors (Lipinski definition) is 0. The molecule has 1 heterocycles. The molecule has 11 heavy (non-hydrogen) atoms. The van der Waals surface area contributed by atoms with E-state index in [4.69, 9.17) is 6.42 Å². The number of piperidine rings is 1. The van der Waals surface area contributed by atoms with Gasteiger partial charge in [-0.25, -0.2) is 0 Å². The summed E-state index contributed by atoms with van der Waals surface area (Å²) in [7, 11) is 0. The summed E-state index contributed by atoms with van der Waals surface area (Å²) in [5.41, 5.74) is 0. The van der Waals surface area contributed by atoms with Crippen LogP contribution in [0.4, 0.5) is 0 Å². The van der Waals surface area contributed by atoms with Crippen molar-refractivity contribution in [2.24, 2.45) is 5.92 Å². The molecule has 60 valence electrons. The van der Waals surface area contributed by atoms with Crippen LogP contribution in [0.3, 0.4) is 0 Å². The Morgan fingerprint density at radius 3 is 3.18 bits per heavy atom. The fourth-order valence-corrected chi connectivity index (χ4v) is 1.40. The Hall–Kier alpha value is -0.970. The van der Waals surface area contributed by atoms with Gasteiger partial charge in [-0.15, -0.1) is 6.42 Å². The highest BCUT2D eigenvalue weighted by Crippen LogP contribution is 2.16. The summed E-state index contributed by atoms with van der Waals surface area (Å²) in [6.07, 6.45) is 7.23. The van der Waals surface area contributed by atoms with Gasteiger partial charge in [0.1, 0.15) is 0 Å². The molecule has 0 N–H and O–H groups in total. The molecule has 1 saturated heterocycles. The smallest absolute Gasteiger partial charge is 0.226 e. The Morgan fingerprint density at radius 1 is 1.82 bits per heavy atom. The Kier molecular flexibility index (Phi) is 2.53. The lowest BCUT2D eigenvalue weighted by molar-refractivity contribution is -0.136. The molecular formula is C9H13NO. The van der Waals surface area contributed by atoms with Gasteiger partial charge in [0.05, 0.1) is 6.54 Å². The molecule has 0 spiro atoms. The molecule has 1 aliphatic heterocycles. The van der Waals surface area contributed by atoms with Crippen molar-refractivity contribution in [2.45, 2.75) is 19.8 Å². The van der Waals surface area contributed by atoms with Crippen molar-refractivity contribution in [1.29, 1.82) is 0 Å². The maximum atomic E-state index is 11.3. The fourth-order valence-electron chi connectivity index (χ4n) is 1.40. The van der Waals surface area contributed by atoms with Gasteiger partial charge in [0, 0.05) is 12.5 Å². The number of likely N-dealkylation sites (tertiary alicyclic amines) is 1. The normalized spacial score (nSPS) is 24.9. The van der Waals surface area contributed by atoms with E-state index in [0.29, 0.717) is 6.54 Å². The molecule has 1 unspecified atom stereocenters. The zero-order valence-corrected chi connectivity index (χ0v) is 6.84. The predicted molar refractivity (Wildman–Crippen MR) is 43.8 cm³/mol. The third-order valence-corrected chi connectivity index (χ3v) is 2.08. The number of terminal acetylenes is 1. The van der Waals surface area contributed by atoms with Crippen LogP contribution in [0.15, 0.2) is 0 Å². The van der Waals surface area contributed by atoms with Crippen molar-refractivity contribution in [2.75, 3.05) is 13.1 Å². The third-order valence-electron chi connectivity index (χ3n) is 2.08. The van der Waals surface area contributed by atoms with Crippen LogP contribution in [0.1, 0.15) is 19.8 Å². The van der Waals surface area contributed by atoms with E-state index >= 15 is 0 Å². The Labute approximate surface area is 67.6 Å². The zero-order valence-electron chi connectivity index (χ0n) is 6.84. The summed E-state index contributed by atoms with van der Waals surface area (Å²) in [6.45, 7) is 3.28. The van der Waals surface area contributed by atoms with Crippen LogP contribution in [0.25, 0.3) is 0 Å². The number of carbonyl (C=O) groups excluding carboxylic acids is 1. The molecule has 0 aliphatic carbocycles. The number of hydrogen-bond acceptors (Lipinski definition) is 1. The topological polar surface area (TPSA) is 20.3 Å². The highest BCUT2D eigenvalue weighted by molar-refractivity contribution is 5.79. The average molecular weight is 151 g/mol. The van der Waals surface area contributed by atoms with Crippen LogP contribution >= 0.6 is 0 Å². The van der Waals surface area contributed by atoms with Gasteiger partial charge in [-0.3, -0.25) is 4.79 Å². The second kappa shape index (κ2) is 3.43. The summed E-state index contributed by atoms with van der Waals surface area (Å²) in [4.78, 5) is 13.1. The maximum Gasteiger partial charge on any atom is 0.226 e. The van der Waals surface area contributed by atoms with E-state index < -0.39 is 0 Å². The van der Waals surface area contributed by atoms with Gasteiger partial charge in [0.15, 0.2) is 0 Å². The van der Waals surface area contributed by atoms with Crippen LogP contribution in [0, 0.1) is 18.3 Å². The van der Waals surface area contributed by atoms with E-state index in [1.165, 1.54) is 0 Å². The van der Waals surface area contributed by atoms with Crippen molar-refractivity contribution >= 4 is 5.91 Å². The molecule has 2 heteroatoms. The van der Waals surface area contributed by atoms with Gasteiger partial charge in [-0.2, -0.15) is 0 Å². The highest BCUT2D eigenvalue weighted by Gasteiger charge is 2.23. The fraction of sp³-hybridized carbons (Fsp3) is 0.667.